The minimum Gasteiger partial charge on any atom is -0.497 e. The van der Waals surface area contributed by atoms with Crippen molar-refractivity contribution in [3.63, 3.8) is 0 Å². The second-order valence-corrected chi connectivity index (χ2v) is 7.75. The number of methoxy groups -OCH3 is 1. The molecule has 0 aliphatic carbocycles. The number of para-hydroxylation sites is 2. The number of nitrogens with one attached hydrogen (secondary N) is 1. The lowest BCUT2D eigenvalue weighted by atomic mass is 10.2. The summed E-state index contributed by atoms with van der Waals surface area (Å²) >= 11 is 0.876. The van der Waals surface area contributed by atoms with Gasteiger partial charge < -0.3 is 19.5 Å². The molecular formula is C22H20N2O6S. The lowest BCUT2D eigenvalue weighted by molar-refractivity contribution is -0.131. The quantitative estimate of drug-likeness (QED) is 0.690. The summed E-state index contributed by atoms with van der Waals surface area (Å²) in [6, 6.07) is 14.3. The summed E-state index contributed by atoms with van der Waals surface area (Å²) in [4.78, 5) is 38.7. The summed E-state index contributed by atoms with van der Waals surface area (Å²) in [6.07, 6.45) is 0.868. The third-order valence-corrected chi connectivity index (χ3v) is 5.63. The number of hydrogen-bond donors (Lipinski definition) is 1. The summed E-state index contributed by atoms with van der Waals surface area (Å²) in [7, 11) is 1.57. The molecule has 1 unspecified atom stereocenters. The number of carbonyl (C=O) groups excluding carboxylic acids is 3. The number of hydrogen-bond acceptors (Lipinski definition) is 7. The van der Waals surface area contributed by atoms with E-state index in [4.69, 9.17) is 14.2 Å². The van der Waals surface area contributed by atoms with Gasteiger partial charge in [-0.3, -0.25) is 19.3 Å². The average Bonchev–Trinajstić information content (AvgIpc) is 3.06. The number of rotatable bonds is 6. The van der Waals surface area contributed by atoms with Crippen molar-refractivity contribution in [3.05, 3.63) is 59.0 Å². The fraction of sp³-hybridized carbons (Fsp3) is 0.227. The van der Waals surface area contributed by atoms with Crippen molar-refractivity contribution in [2.45, 2.75) is 6.10 Å². The van der Waals surface area contributed by atoms with E-state index in [1.54, 1.807) is 55.7 Å². The highest BCUT2D eigenvalue weighted by molar-refractivity contribution is 8.18. The third kappa shape index (κ3) is 4.66. The van der Waals surface area contributed by atoms with Crippen LogP contribution in [0.15, 0.2) is 53.4 Å². The summed E-state index contributed by atoms with van der Waals surface area (Å²) in [5.74, 6) is 1.05. The first-order valence-corrected chi connectivity index (χ1v) is 10.4. The van der Waals surface area contributed by atoms with Gasteiger partial charge in [-0.05, 0) is 47.7 Å². The number of carbonyl (C=O) groups is 3. The van der Waals surface area contributed by atoms with Crippen molar-refractivity contribution < 1.29 is 28.6 Å². The van der Waals surface area contributed by atoms with Crippen LogP contribution in [0.1, 0.15) is 5.56 Å². The van der Waals surface area contributed by atoms with Crippen LogP contribution in [0.2, 0.25) is 0 Å². The van der Waals surface area contributed by atoms with Crippen molar-refractivity contribution in [2.24, 2.45) is 0 Å². The van der Waals surface area contributed by atoms with E-state index in [0.29, 0.717) is 22.2 Å². The third-order valence-electron chi connectivity index (χ3n) is 4.72. The van der Waals surface area contributed by atoms with Crippen molar-refractivity contribution in [1.29, 1.82) is 0 Å². The highest BCUT2D eigenvalue weighted by atomic mass is 32.2. The normalized spacial score (nSPS) is 18.9. The molecule has 2 aliphatic heterocycles. The van der Waals surface area contributed by atoms with E-state index >= 15 is 0 Å². The highest BCUT2D eigenvalue weighted by Gasteiger charge is 2.35. The van der Waals surface area contributed by atoms with Crippen LogP contribution in [0.25, 0.3) is 6.08 Å². The van der Waals surface area contributed by atoms with Crippen LogP contribution in [-0.4, -0.2) is 54.9 Å². The van der Waals surface area contributed by atoms with Crippen molar-refractivity contribution in [2.75, 3.05) is 26.8 Å². The molecule has 3 amide bonds. The first kappa shape index (κ1) is 20.8. The van der Waals surface area contributed by atoms with E-state index in [2.05, 4.69) is 5.32 Å². The molecule has 160 valence electrons. The molecule has 2 aromatic rings. The monoisotopic (exact) mass is 440 g/mol. The molecule has 2 aromatic carbocycles. The maximum absolute atomic E-state index is 12.6. The molecule has 1 saturated heterocycles. The number of benzene rings is 2. The number of amides is 3. The largest absolute Gasteiger partial charge is 0.497 e. The van der Waals surface area contributed by atoms with E-state index < -0.39 is 6.10 Å². The molecular weight excluding hydrogens is 420 g/mol. The molecule has 2 heterocycles. The van der Waals surface area contributed by atoms with Gasteiger partial charge in [0.05, 0.1) is 12.0 Å². The van der Waals surface area contributed by atoms with Gasteiger partial charge in [-0.15, -0.1) is 0 Å². The molecule has 8 nitrogen and oxygen atoms in total. The Bertz CT molecular complexity index is 1040. The van der Waals surface area contributed by atoms with Crippen LogP contribution in [0.5, 0.6) is 17.2 Å². The smallest absolute Gasteiger partial charge is 0.293 e. The molecule has 2 aliphatic rings. The molecule has 0 spiro atoms. The maximum atomic E-state index is 12.6. The molecule has 0 saturated carbocycles. The van der Waals surface area contributed by atoms with E-state index in [9.17, 15) is 14.4 Å². The van der Waals surface area contributed by atoms with Crippen LogP contribution in [0.4, 0.5) is 4.79 Å². The molecule has 9 heteroatoms. The van der Waals surface area contributed by atoms with Gasteiger partial charge in [0.1, 0.15) is 12.4 Å². The SMILES string of the molecule is COc1ccc(C=C2SC(=O)N(CCNC(=O)C3COc4ccccc4O3)C2=O)cc1. The number of imide groups is 1. The zero-order valence-electron chi connectivity index (χ0n) is 16.7. The second-order valence-electron chi connectivity index (χ2n) is 6.76. The maximum Gasteiger partial charge on any atom is 0.293 e. The fourth-order valence-corrected chi connectivity index (χ4v) is 3.96. The first-order valence-electron chi connectivity index (χ1n) is 9.61. The van der Waals surface area contributed by atoms with Gasteiger partial charge in [0, 0.05) is 13.1 Å². The first-order chi connectivity index (χ1) is 15.0. The van der Waals surface area contributed by atoms with E-state index in [0.717, 1.165) is 22.2 Å². The van der Waals surface area contributed by atoms with Crippen molar-refractivity contribution in [1.82, 2.24) is 10.2 Å². The molecule has 0 bridgehead atoms. The zero-order chi connectivity index (χ0) is 21.8. The van der Waals surface area contributed by atoms with Crippen LogP contribution in [0.3, 0.4) is 0 Å². The minimum absolute atomic E-state index is 0.0700. The van der Waals surface area contributed by atoms with Gasteiger partial charge >= 0.3 is 0 Å². The number of thioether (sulfide) groups is 1. The van der Waals surface area contributed by atoms with Gasteiger partial charge in [0.25, 0.3) is 17.1 Å². The molecule has 4 rings (SSSR count). The Morgan fingerprint density at radius 1 is 1.19 bits per heavy atom. The summed E-state index contributed by atoms with van der Waals surface area (Å²) in [5.41, 5.74) is 0.786. The molecule has 0 radical (unpaired) electrons. The predicted molar refractivity (Wildman–Crippen MR) is 115 cm³/mol. The van der Waals surface area contributed by atoms with Crippen LogP contribution < -0.4 is 19.5 Å². The number of ether oxygens (including phenoxy) is 3. The highest BCUT2D eigenvalue weighted by Crippen LogP contribution is 2.32. The van der Waals surface area contributed by atoms with Crippen LogP contribution in [0, 0.1) is 0 Å². The summed E-state index contributed by atoms with van der Waals surface area (Å²) in [6.45, 7) is 0.281. The van der Waals surface area contributed by atoms with Gasteiger partial charge in [0.2, 0.25) is 6.10 Å². The number of fused-ring (bicyclic) bond motifs is 1. The Morgan fingerprint density at radius 2 is 1.94 bits per heavy atom. The van der Waals surface area contributed by atoms with E-state index in [1.807, 2.05) is 6.07 Å². The molecule has 1 atom stereocenters. The van der Waals surface area contributed by atoms with E-state index in [-0.39, 0.29) is 36.7 Å². The average molecular weight is 440 g/mol. The fourth-order valence-electron chi connectivity index (χ4n) is 3.10. The molecule has 1 fully saturated rings. The lowest BCUT2D eigenvalue weighted by Gasteiger charge is -2.25. The summed E-state index contributed by atoms with van der Waals surface area (Å²) < 4.78 is 16.3. The van der Waals surface area contributed by atoms with Crippen LogP contribution in [-0.2, 0) is 9.59 Å². The Balaban J connectivity index is 1.30. The Labute approximate surface area is 183 Å². The van der Waals surface area contributed by atoms with E-state index in [1.165, 1.54) is 0 Å². The zero-order valence-corrected chi connectivity index (χ0v) is 17.5. The van der Waals surface area contributed by atoms with Gasteiger partial charge in [-0.1, -0.05) is 24.3 Å². The molecule has 1 N–H and O–H groups in total. The minimum atomic E-state index is -0.792. The van der Waals surface area contributed by atoms with Gasteiger partial charge in [0.15, 0.2) is 11.5 Å². The molecule has 31 heavy (non-hydrogen) atoms. The summed E-state index contributed by atoms with van der Waals surface area (Å²) in [5, 5.41) is 2.33. The lowest BCUT2D eigenvalue weighted by Crippen LogP contribution is -2.46. The Hall–Kier alpha value is -3.46. The molecule has 0 aromatic heterocycles. The van der Waals surface area contributed by atoms with Gasteiger partial charge in [-0.2, -0.15) is 0 Å². The topological polar surface area (TPSA) is 94.2 Å². The predicted octanol–water partition coefficient (Wildman–Crippen LogP) is 2.69. The second kappa shape index (κ2) is 9.13. The standard InChI is InChI=1S/C22H20N2O6S/c1-28-15-8-6-14(7-9-15)12-19-21(26)24(22(27)31-19)11-10-23-20(25)18-13-29-16-4-2-3-5-17(16)30-18/h2-9,12,18H,10-11,13H2,1H3,(H,23,25). The number of nitrogens with zero attached hydrogens (tertiary/aromatic N) is 1. The Kier molecular flexibility index (Phi) is 6.13. The van der Waals surface area contributed by atoms with Crippen molar-refractivity contribution >= 4 is 34.9 Å². The van der Waals surface area contributed by atoms with Crippen molar-refractivity contribution in [3.8, 4) is 17.2 Å². The van der Waals surface area contributed by atoms with Gasteiger partial charge in [-0.25, -0.2) is 0 Å². The van der Waals surface area contributed by atoms with Crippen LogP contribution >= 0.6 is 11.8 Å². The Morgan fingerprint density at radius 3 is 2.68 bits per heavy atom.